The van der Waals surface area contributed by atoms with Gasteiger partial charge in [0.1, 0.15) is 0 Å². The van der Waals surface area contributed by atoms with Gasteiger partial charge in [-0.2, -0.15) is 0 Å². The minimum atomic E-state index is -0.448. The van der Waals surface area contributed by atoms with Crippen molar-refractivity contribution in [3.8, 4) is 0 Å². The molecule has 1 heterocycles. The molecule has 7 nitrogen and oxygen atoms in total. The van der Waals surface area contributed by atoms with Crippen LogP contribution in [0.3, 0.4) is 0 Å². The summed E-state index contributed by atoms with van der Waals surface area (Å²) in [7, 11) is 5.24. The van der Waals surface area contributed by atoms with Gasteiger partial charge in [-0.25, -0.2) is 4.79 Å². The molecular formula is C22H22N4O3. The van der Waals surface area contributed by atoms with E-state index in [1.165, 1.54) is 13.3 Å². The van der Waals surface area contributed by atoms with Gasteiger partial charge in [-0.05, 0) is 42.5 Å². The molecule has 1 aromatic heterocycles. The number of amides is 1. The number of esters is 1. The van der Waals surface area contributed by atoms with Crippen LogP contribution in [0.25, 0.3) is 0 Å². The van der Waals surface area contributed by atoms with Crippen molar-refractivity contribution in [2.45, 2.75) is 0 Å². The second kappa shape index (κ2) is 8.88. The third-order valence-electron chi connectivity index (χ3n) is 4.25. The quantitative estimate of drug-likeness (QED) is 0.621. The predicted octanol–water partition coefficient (Wildman–Crippen LogP) is 3.93. The molecule has 0 aliphatic carbocycles. The summed E-state index contributed by atoms with van der Waals surface area (Å²) >= 11 is 0. The number of hydrogen-bond donors (Lipinski definition) is 2. The summed E-state index contributed by atoms with van der Waals surface area (Å²) in [5, 5.41) is 5.97. The van der Waals surface area contributed by atoms with Gasteiger partial charge in [0.15, 0.2) is 0 Å². The Balaban J connectivity index is 1.76. The second-order valence-electron chi connectivity index (χ2n) is 6.52. The van der Waals surface area contributed by atoms with E-state index >= 15 is 0 Å². The summed E-state index contributed by atoms with van der Waals surface area (Å²) in [5.74, 6) is -0.726. The number of carbonyl (C=O) groups excluding carboxylic acids is 2. The van der Waals surface area contributed by atoms with E-state index < -0.39 is 5.97 Å². The van der Waals surface area contributed by atoms with Gasteiger partial charge >= 0.3 is 5.97 Å². The number of anilines is 4. The summed E-state index contributed by atoms with van der Waals surface area (Å²) in [6.45, 7) is 0. The fourth-order valence-corrected chi connectivity index (χ4v) is 2.71. The van der Waals surface area contributed by atoms with Crippen LogP contribution in [0.4, 0.5) is 22.7 Å². The van der Waals surface area contributed by atoms with Crippen molar-refractivity contribution in [1.82, 2.24) is 4.98 Å². The molecule has 0 radical (unpaired) electrons. The first-order valence-electron chi connectivity index (χ1n) is 8.96. The smallest absolute Gasteiger partial charge is 0.339 e. The maximum Gasteiger partial charge on any atom is 0.339 e. The van der Waals surface area contributed by atoms with Crippen LogP contribution in [0.1, 0.15) is 20.7 Å². The number of aromatic nitrogens is 1. The predicted molar refractivity (Wildman–Crippen MR) is 114 cm³/mol. The molecule has 2 aromatic carbocycles. The first-order valence-corrected chi connectivity index (χ1v) is 8.96. The minimum Gasteiger partial charge on any atom is -0.465 e. The number of benzene rings is 2. The Hall–Kier alpha value is -3.87. The van der Waals surface area contributed by atoms with E-state index in [0.717, 1.165) is 5.69 Å². The molecule has 0 unspecified atom stereocenters. The summed E-state index contributed by atoms with van der Waals surface area (Å²) in [6.07, 6.45) is 3.07. The van der Waals surface area contributed by atoms with E-state index in [1.54, 1.807) is 36.5 Å². The van der Waals surface area contributed by atoms with Crippen LogP contribution in [0, 0.1) is 0 Å². The minimum absolute atomic E-state index is 0.278. The molecule has 7 heteroatoms. The lowest BCUT2D eigenvalue weighted by Gasteiger charge is -2.13. The third-order valence-corrected chi connectivity index (χ3v) is 4.25. The number of methoxy groups -OCH3 is 1. The molecule has 3 aromatic rings. The number of rotatable bonds is 6. The van der Waals surface area contributed by atoms with E-state index in [2.05, 4.69) is 15.6 Å². The van der Waals surface area contributed by atoms with Crippen molar-refractivity contribution >= 4 is 34.6 Å². The molecule has 0 atom stereocenters. The second-order valence-corrected chi connectivity index (χ2v) is 6.52. The zero-order chi connectivity index (χ0) is 20.8. The molecule has 0 aliphatic rings. The van der Waals surface area contributed by atoms with E-state index in [0.29, 0.717) is 28.2 Å². The van der Waals surface area contributed by atoms with Gasteiger partial charge < -0.3 is 20.3 Å². The first kappa shape index (κ1) is 19.9. The monoisotopic (exact) mass is 390 g/mol. The molecule has 1 amide bonds. The lowest BCUT2D eigenvalue weighted by Crippen LogP contribution is -2.13. The molecule has 2 N–H and O–H groups in total. The summed E-state index contributed by atoms with van der Waals surface area (Å²) < 4.78 is 4.80. The first-order chi connectivity index (χ1) is 14.0. The molecule has 0 bridgehead atoms. The Labute approximate surface area is 169 Å². The van der Waals surface area contributed by atoms with Crippen LogP contribution in [0.2, 0.25) is 0 Å². The summed E-state index contributed by atoms with van der Waals surface area (Å²) in [6, 6.07) is 16.2. The Bertz CT molecular complexity index is 1020. The third kappa shape index (κ3) is 4.90. The fourth-order valence-electron chi connectivity index (χ4n) is 2.71. The molecule has 0 saturated carbocycles. The van der Waals surface area contributed by atoms with Crippen LogP contribution in [0.15, 0.2) is 67.0 Å². The highest BCUT2D eigenvalue weighted by molar-refractivity contribution is 6.05. The number of nitrogens with one attached hydrogen (secondary N) is 2. The highest BCUT2D eigenvalue weighted by atomic mass is 16.5. The van der Waals surface area contributed by atoms with E-state index in [9.17, 15) is 9.59 Å². The molecule has 0 fully saturated rings. The Morgan fingerprint density at radius 2 is 1.69 bits per heavy atom. The van der Waals surface area contributed by atoms with Crippen molar-refractivity contribution in [2.24, 2.45) is 0 Å². The molecule has 0 saturated heterocycles. The number of para-hydroxylation sites is 1. The van der Waals surface area contributed by atoms with Crippen LogP contribution in [0.5, 0.6) is 0 Å². The number of nitrogens with zero attached hydrogens (tertiary/aromatic N) is 2. The highest BCUT2D eigenvalue weighted by Crippen LogP contribution is 2.22. The molecular weight excluding hydrogens is 368 g/mol. The average molecular weight is 390 g/mol. The van der Waals surface area contributed by atoms with Gasteiger partial charge in [-0.15, -0.1) is 0 Å². The van der Waals surface area contributed by atoms with Crippen LogP contribution in [-0.2, 0) is 4.74 Å². The summed E-state index contributed by atoms with van der Waals surface area (Å²) in [4.78, 5) is 30.6. The fraction of sp³-hybridized carbons (Fsp3) is 0.136. The molecule has 0 aliphatic heterocycles. The largest absolute Gasteiger partial charge is 0.465 e. The van der Waals surface area contributed by atoms with E-state index in [4.69, 9.17) is 4.74 Å². The number of pyridine rings is 1. The number of carbonyl (C=O) groups is 2. The Kier molecular flexibility index (Phi) is 6.09. The van der Waals surface area contributed by atoms with Crippen molar-refractivity contribution in [3.05, 3.63) is 78.1 Å². The van der Waals surface area contributed by atoms with Crippen LogP contribution in [-0.4, -0.2) is 38.1 Å². The lowest BCUT2D eigenvalue weighted by molar-refractivity contribution is 0.0601. The van der Waals surface area contributed by atoms with Crippen molar-refractivity contribution in [2.75, 3.05) is 36.7 Å². The van der Waals surface area contributed by atoms with Gasteiger partial charge in [0, 0.05) is 31.7 Å². The number of hydrogen-bond acceptors (Lipinski definition) is 6. The van der Waals surface area contributed by atoms with Crippen molar-refractivity contribution in [3.63, 3.8) is 0 Å². The molecule has 3 rings (SSSR count). The van der Waals surface area contributed by atoms with Gasteiger partial charge in [0.05, 0.1) is 35.8 Å². The Morgan fingerprint density at radius 3 is 2.38 bits per heavy atom. The maximum absolute atomic E-state index is 12.6. The Morgan fingerprint density at radius 1 is 0.966 bits per heavy atom. The van der Waals surface area contributed by atoms with Crippen LogP contribution < -0.4 is 15.5 Å². The zero-order valence-corrected chi connectivity index (χ0v) is 16.5. The molecule has 148 valence electrons. The molecule has 29 heavy (non-hydrogen) atoms. The standard InChI is InChI=1S/C22H22N4O3/c1-26(2)18-10-8-16(9-11-18)25-21(27)15-12-17(14-23-13-15)24-20-7-5-4-6-19(20)22(28)29-3/h4-14,24H,1-3H3,(H,25,27). The maximum atomic E-state index is 12.6. The summed E-state index contributed by atoms with van der Waals surface area (Å²) in [5.41, 5.74) is 3.66. The normalized spacial score (nSPS) is 10.2. The highest BCUT2D eigenvalue weighted by Gasteiger charge is 2.13. The average Bonchev–Trinajstić information content (AvgIpc) is 2.74. The van der Waals surface area contributed by atoms with Gasteiger partial charge in [-0.3, -0.25) is 9.78 Å². The van der Waals surface area contributed by atoms with E-state index in [1.807, 2.05) is 43.3 Å². The number of ether oxygens (including phenoxy) is 1. The van der Waals surface area contributed by atoms with Crippen LogP contribution >= 0.6 is 0 Å². The lowest BCUT2D eigenvalue weighted by atomic mass is 10.1. The van der Waals surface area contributed by atoms with E-state index in [-0.39, 0.29) is 5.91 Å². The van der Waals surface area contributed by atoms with Gasteiger partial charge in [0.2, 0.25) is 0 Å². The topological polar surface area (TPSA) is 83.6 Å². The SMILES string of the molecule is COC(=O)c1ccccc1Nc1cncc(C(=O)Nc2ccc(N(C)C)cc2)c1. The zero-order valence-electron chi connectivity index (χ0n) is 16.5. The van der Waals surface area contributed by atoms with Gasteiger partial charge in [-0.1, -0.05) is 12.1 Å². The van der Waals surface area contributed by atoms with Crippen molar-refractivity contribution in [1.29, 1.82) is 0 Å². The van der Waals surface area contributed by atoms with Gasteiger partial charge in [0.25, 0.3) is 5.91 Å². The molecule has 0 spiro atoms. The van der Waals surface area contributed by atoms with Crippen molar-refractivity contribution < 1.29 is 14.3 Å².